The Morgan fingerprint density at radius 3 is 2.90 bits per heavy atom. The van der Waals surface area contributed by atoms with Crippen molar-refractivity contribution in [2.24, 2.45) is 0 Å². The maximum absolute atomic E-state index is 5.95. The minimum atomic E-state index is 0.163. The number of ether oxygens (including phenoxy) is 1. The lowest BCUT2D eigenvalue weighted by Crippen LogP contribution is -2.54. The molecule has 1 saturated heterocycles. The van der Waals surface area contributed by atoms with Crippen molar-refractivity contribution in [3.63, 3.8) is 0 Å². The zero-order chi connectivity index (χ0) is 14.2. The van der Waals surface area contributed by atoms with Gasteiger partial charge in [0.15, 0.2) is 15.6 Å². The van der Waals surface area contributed by atoms with E-state index < -0.39 is 0 Å². The largest absolute Gasteiger partial charge is 0.487 e. The molecule has 0 spiro atoms. The first-order chi connectivity index (χ1) is 10.3. The predicted molar refractivity (Wildman–Crippen MR) is 83.3 cm³/mol. The molecular formula is C14H11ClN4OS. The predicted octanol–water partition coefficient (Wildman–Crippen LogP) is 3.01. The first-order valence-electron chi connectivity index (χ1n) is 6.53. The van der Waals surface area contributed by atoms with Crippen molar-refractivity contribution in [2.45, 2.75) is 6.10 Å². The second-order valence-electron chi connectivity index (χ2n) is 4.78. The third kappa shape index (κ3) is 2.52. The van der Waals surface area contributed by atoms with Crippen LogP contribution in [0.3, 0.4) is 0 Å². The van der Waals surface area contributed by atoms with E-state index in [1.165, 1.54) is 0 Å². The van der Waals surface area contributed by atoms with E-state index in [2.05, 4.69) is 19.9 Å². The average molecular weight is 319 g/mol. The Labute approximate surface area is 130 Å². The molecule has 0 bridgehead atoms. The van der Waals surface area contributed by atoms with Gasteiger partial charge in [0, 0.05) is 17.4 Å². The normalized spacial score (nSPS) is 15.2. The molecule has 0 atom stereocenters. The lowest BCUT2D eigenvalue weighted by Gasteiger charge is -2.38. The number of nitrogens with zero attached hydrogens (tertiary/aromatic N) is 4. The Morgan fingerprint density at radius 1 is 1.24 bits per heavy atom. The third-order valence-corrected chi connectivity index (χ3v) is 4.50. The summed E-state index contributed by atoms with van der Waals surface area (Å²) in [5, 5.41) is 1.63. The van der Waals surface area contributed by atoms with Gasteiger partial charge in [-0.1, -0.05) is 29.0 Å². The summed E-state index contributed by atoms with van der Waals surface area (Å²) in [5.41, 5.74) is 0.705. The third-order valence-electron chi connectivity index (χ3n) is 3.25. The minimum absolute atomic E-state index is 0.163. The molecule has 5 nitrogen and oxygen atoms in total. The van der Waals surface area contributed by atoms with Crippen LogP contribution in [0.2, 0.25) is 5.02 Å². The maximum Gasteiger partial charge on any atom is 0.191 e. The lowest BCUT2D eigenvalue weighted by molar-refractivity contribution is 0.167. The van der Waals surface area contributed by atoms with Crippen LogP contribution in [0.5, 0.6) is 5.75 Å². The van der Waals surface area contributed by atoms with Crippen molar-refractivity contribution in [3.8, 4) is 5.75 Å². The van der Waals surface area contributed by atoms with Gasteiger partial charge in [0.2, 0.25) is 0 Å². The summed E-state index contributed by atoms with van der Waals surface area (Å²) in [7, 11) is 0. The number of thiazole rings is 1. The number of aromatic nitrogens is 3. The van der Waals surface area contributed by atoms with Crippen LogP contribution in [0.1, 0.15) is 0 Å². The Kier molecular flexibility index (Phi) is 3.12. The number of halogens is 1. The summed E-state index contributed by atoms with van der Waals surface area (Å²) in [6, 6.07) is 7.47. The van der Waals surface area contributed by atoms with Gasteiger partial charge in [0.05, 0.1) is 13.1 Å². The Hall–Kier alpha value is -1.92. The molecule has 2 aromatic heterocycles. The molecule has 7 heteroatoms. The number of anilines is 1. The van der Waals surface area contributed by atoms with Gasteiger partial charge in [-0.25, -0.2) is 9.97 Å². The fourth-order valence-corrected chi connectivity index (χ4v) is 3.27. The van der Waals surface area contributed by atoms with E-state index in [1.54, 1.807) is 23.7 Å². The first kappa shape index (κ1) is 12.8. The summed E-state index contributed by atoms with van der Waals surface area (Å²) in [6.07, 6.45) is 3.51. The monoisotopic (exact) mass is 318 g/mol. The molecule has 21 heavy (non-hydrogen) atoms. The number of fused-ring (bicyclic) bond motifs is 1. The highest BCUT2D eigenvalue weighted by Gasteiger charge is 2.31. The van der Waals surface area contributed by atoms with Gasteiger partial charge in [-0.15, -0.1) is 0 Å². The van der Waals surface area contributed by atoms with Crippen LogP contribution in [0.25, 0.3) is 10.5 Å². The summed E-state index contributed by atoms with van der Waals surface area (Å²) in [5.74, 6) is 0.805. The van der Waals surface area contributed by atoms with Gasteiger partial charge < -0.3 is 9.64 Å². The smallest absolute Gasteiger partial charge is 0.191 e. The van der Waals surface area contributed by atoms with E-state index in [0.717, 1.165) is 28.8 Å². The van der Waals surface area contributed by atoms with E-state index in [4.69, 9.17) is 16.3 Å². The van der Waals surface area contributed by atoms with E-state index in [1.807, 2.05) is 24.3 Å². The van der Waals surface area contributed by atoms with Crippen LogP contribution in [0.15, 0.2) is 36.7 Å². The maximum atomic E-state index is 5.95. The number of hydrogen-bond acceptors (Lipinski definition) is 6. The molecule has 1 aromatic carbocycles. The Morgan fingerprint density at radius 2 is 2.10 bits per heavy atom. The van der Waals surface area contributed by atoms with Gasteiger partial charge in [-0.2, -0.15) is 4.98 Å². The summed E-state index contributed by atoms with van der Waals surface area (Å²) < 4.78 is 5.88. The molecule has 1 aliphatic rings. The van der Waals surface area contributed by atoms with E-state index >= 15 is 0 Å². The van der Waals surface area contributed by atoms with Crippen molar-refractivity contribution in [1.82, 2.24) is 15.0 Å². The molecule has 3 heterocycles. The fraction of sp³-hybridized carbons (Fsp3) is 0.214. The lowest BCUT2D eigenvalue weighted by atomic mass is 10.2. The highest BCUT2D eigenvalue weighted by molar-refractivity contribution is 7.21. The molecule has 3 aromatic rings. The summed E-state index contributed by atoms with van der Waals surface area (Å²) in [4.78, 5) is 16.0. The van der Waals surface area contributed by atoms with Crippen LogP contribution in [0, 0.1) is 0 Å². The van der Waals surface area contributed by atoms with Crippen molar-refractivity contribution < 1.29 is 4.74 Å². The van der Waals surface area contributed by atoms with Crippen LogP contribution < -0.4 is 9.64 Å². The standard InChI is InChI=1S/C14H11ClN4OS/c15-9-2-1-3-10(6-9)20-11-7-19(8-11)14-18-12-13(21-14)17-5-4-16-12/h1-6,11H,7-8H2. The average Bonchev–Trinajstić information content (AvgIpc) is 2.85. The van der Waals surface area contributed by atoms with E-state index in [9.17, 15) is 0 Å². The van der Waals surface area contributed by atoms with Crippen molar-refractivity contribution >= 4 is 38.5 Å². The molecule has 0 saturated carbocycles. The van der Waals surface area contributed by atoms with E-state index in [0.29, 0.717) is 10.7 Å². The van der Waals surface area contributed by atoms with Crippen molar-refractivity contribution in [1.29, 1.82) is 0 Å². The molecule has 0 N–H and O–H groups in total. The number of benzene rings is 1. The molecule has 0 radical (unpaired) electrons. The molecule has 0 amide bonds. The fourth-order valence-electron chi connectivity index (χ4n) is 2.20. The zero-order valence-electron chi connectivity index (χ0n) is 10.9. The molecule has 0 aliphatic carbocycles. The van der Waals surface area contributed by atoms with Gasteiger partial charge in [0.25, 0.3) is 0 Å². The van der Waals surface area contributed by atoms with Gasteiger partial charge >= 0.3 is 0 Å². The van der Waals surface area contributed by atoms with Crippen molar-refractivity contribution in [3.05, 3.63) is 41.7 Å². The van der Waals surface area contributed by atoms with Crippen LogP contribution in [-0.4, -0.2) is 34.1 Å². The molecule has 4 rings (SSSR count). The van der Waals surface area contributed by atoms with Crippen LogP contribution in [-0.2, 0) is 0 Å². The minimum Gasteiger partial charge on any atom is -0.487 e. The van der Waals surface area contributed by atoms with Gasteiger partial charge in [-0.05, 0) is 18.2 Å². The summed E-state index contributed by atoms with van der Waals surface area (Å²) >= 11 is 7.50. The quantitative estimate of drug-likeness (QED) is 0.743. The Balaban J connectivity index is 1.42. The molecule has 1 fully saturated rings. The Bertz CT molecular complexity index is 754. The molecule has 1 aliphatic heterocycles. The summed E-state index contributed by atoms with van der Waals surface area (Å²) in [6.45, 7) is 1.62. The molecule has 0 unspecified atom stereocenters. The topological polar surface area (TPSA) is 51.1 Å². The van der Waals surface area contributed by atoms with E-state index in [-0.39, 0.29) is 6.10 Å². The van der Waals surface area contributed by atoms with Gasteiger partial charge in [-0.3, -0.25) is 0 Å². The SMILES string of the molecule is Clc1cccc(OC2CN(c3nc4nccnc4s3)C2)c1. The number of rotatable bonds is 3. The van der Waals surface area contributed by atoms with Gasteiger partial charge in [0.1, 0.15) is 11.9 Å². The van der Waals surface area contributed by atoms with Crippen molar-refractivity contribution in [2.75, 3.05) is 18.0 Å². The van der Waals surface area contributed by atoms with Crippen LogP contribution >= 0.6 is 22.9 Å². The second kappa shape index (κ2) is 5.13. The second-order valence-corrected chi connectivity index (χ2v) is 6.18. The highest BCUT2D eigenvalue weighted by Crippen LogP contribution is 2.30. The molecular weight excluding hydrogens is 308 g/mol. The van der Waals surface area contributed by atoms with Crippen LogP contribution in [0.4, 0.5) is 5.13 Å². The number of hydrogen-bond donors (Lipinski definition) is 0. The molecule has 106 valence electrons. The first-order valence-corrected chi connectivity index (χ1v) is 7.72. The highest BCUT2D eigenvalue weighted by atomic mass is 35.5. The zero-order valence-corrected chi connectivity index (χ0v) is 12.5.